The summed E-state index contributed by atoms with van der Waals surface area (Å²) in [6, 6.07) is 19.1. The van der Waals surface area contributed by atoms with Crippen molar-refractivity contribution in [2.24, 2.45) is 0 Å². The smallest absolute Gasteiger partial charge is 0.261 e. The van der Waals surface area contributed by atoms with Gasteiger partial charge in [-0.2, -0.15) is 0 Å². The zero-order valence-electron chi connectivity index (χ0n) is 16.2. The predicted molar refractivity (Wildman–Crippen MR) is 121 cm³/mol. The average Bonchev–Trinajstić information content (AvgIpc) is 3.33. The van der Waals surface area contributed by atoms with Crippen molar-refractivity contribution in [3.63, 3.8) is 0 Å². The fraction of sp³-hybridized carbons (Fsp3) is 0.217. The van der Waals surface area contributed by atoms with Crippen molar-refractivity contribution < 1.29 is 14.3 Å². The van der Waals surface area contributed by atoms with Crippen LogP contribution in [0.15, 0.2) is 70.5 Å². The lowest BCUT2D eigenvalue weighted by atomic mass is 10.1. The summed E-state index contributed by atoms with van der Waals surface area (Å²) in [5.41, 5.74) is 2.65. The molecule has 7 heteroatoms. The van der Waals surface area contributed by atoms with Crippen molar-refractivity contribution in [3.8, 4) is 0 Å². The standard InChI is InChI=1S/C23H21BrN2O3S/c24-19-9-7-17(8-10-19)20-15-26(11-12-29-20)23(28)18-5-3-16(4-6-18)14-25-22(27)21-2-1-13-30-21/h1-10,13,20H,11-12,14-15H2,(H,25,27). The molecule has 2 aromatic carbocycles. The van der Waals surface area contributed by atoms with Gasteiger partial charge in [0.1, 0.15) is 6.10 Å². The quantitative estimate of drug-likeness (QED) is 0.572. The van der Waals surface area contributed by atoms with Gasteiger partial charge in [-0.1, -0.05) is 46.3 Å². The van der Waals surface area contributed by atoms with Gasteiger partial charge in [0, 0.05) is 23.1 Å². The van der Waals surface area contributed by atoms with Crippen molar-refractivity contribution in [2.45, 2.75) is 12.6 Å². The van der Waals surface area contributed by atoms with Gasteiger partial charge < -0.3 is 15.0 Å². The van der Waals surface area contributed by atoms with E-state index in [4.69, 9.17) is 4.74 Å². The van der Waals surface area contributed by atoms with Gasteiger partial charge in [0.25, 0.3) is 11.8 Å². The molecule has 0 radical (unpaired) electrons. The van der Waals surface area contributed by atoms with Crippen molar-refractivity contribution in [2.75, 3.05) is 19.7 Å². The molecular formula is C23H21BrN2O3S. The summed E-state index contributed by atoms with van der Waals surface area (Å²) in [5.74, 6) is -0.0907. The van der Waals surface area contributed by atoms with E-state index in [1.54, 1.807) is 6.07 Å². The Morgan fingerprint density at radius 1 is 1.10 bits per heavy atom. The highest BCUT2D eigenvalue weighted by atomic mass is 79.9. The van der Waals surface area contributed by atoms with E-state index in [1.165, 1.54) is 11.3 Å². The number of hydrogen-bond acceptors (Lipinski definition) is 4. The molecule has 1 unspecified atom stereocenters. The van der Waals surface area contributed by atoms with E-state index in [9.17, 15) is 9.59 Å². The molecule has 2 heterocycles. The van der Waals surface area contributed by atoms with E-state index in [1.807, 2.05) is 64.9 Å². The van der Waals surface area contributed by atoms with Gasteiger partial charge in [0.15, 0.2) is 0 Å². The number of halogens is 1. The maximum atomic E-state index is 13.0. The van der Waals surface area contributed by atoms with E-state index >= 15 is 0 Å². The number of nitrogens with zero attached hydrogens (tertiary/aromatic N) is 1. The second-order valence-corrected chi connectivity index (χ2v) is 8.88. The summed E-state index contributed by atoms with van der Waals surface area (Å²) in [6.45, 7) is 2.04. The molecule has 1 aromatic heterocycles. The second kappa shape index (κ2) is 9.55. The molecule has 1 aliphatic heterocycles. The third-order valence-corrected chi connectivity index (χ3v) is 6.39. The Hall–Kier alpha value is -2.48. The van der Waals surface area contributed by atoms with Crippen LogP contribution in [0.5, 0.6) is 0 Å². The molecule has 1 fully saturated rings. The number of carbonyl (C=O) groups is 2. The van der Waals surface area contributed by atoms with Gasteiger partial charge in [-0.05, 0) is 46.8 Å². The van der Waals surface area contributed by atoms with Crippen LogP contribution in [0.3, 0.4) is 0 Å². The van der Waals surface area contributed by atoms with Crippen LogP contribution < -0.4 is 5.32 Å². The second-order valence-electron chi connectivity index (χ2n) is 7.02. The summed E-state index contributed by atoms with van der Waals surface area (Å²) in [4.78, 5) is 27.5. The van der Waals surface area contributed by atoms with E-state index in [-0.39, 0.29) is 17.9 Å². The molecule has 3 aromatic rings. The van der Waals surface area contributed by atoms with E-state index in [0.717, 1.165) is 15.6 Å². The maximum Gasteiger partial charge on any atom is 0.261 e. The number of rotatable bonds is 5. The molecule has 0 spiro atoms. The minimum absolute atomic E-state index is 0.00502. The largest absolute Gasteiger partial charge is 0.370 e. The average molecular weight is 485 g/mol. The Morgan fingerprint density at radius 3 is 2.57 bits per heavy atom. The van der Waals surface area contributed by atoms with Crippen LogP contribution in [0.4, 0.5) is 0 Å². The summed E-state index contributed by atoms with van der Waals surface area (Å²) in [5, 5.41) is 4.77. The highest BCUT2D eigenvalue weighted by Gasteiger charge is 2.26. The number of benzene rings is 2. The van der Waals surface area contributed by atoms with Gasteiger partial charge in [0.05, 0.1) is 18.0 Å². The first-order chi connectivity index (χ1) is 14.6. The van der Waals surface area contributed by atoms with E-state index < -0.39 is 0 Å². The lowest BCUT2D eigenvalue weighted by molar-refractivity contribution is -0.0228. The first-order valence-corrected chi connectivity index (χ1v) is 11.3. The molecule has 154 valence electrons. The lowest BCUT2D eigenvalue weighted by Gasteiger charge is -2.33. The molecule has 30 heavy (non-hydrogen) atoms. The molecule has 0 aliphatic carbocycles. The summed E-state index contributed by atoms with van der Waals surface area (Å²) in [6.07, 6.45) is -0.123. The zero-order valence-corrected chi connectivity index (χ0v) is 18.6. The minimum atomic E-state index is -0.123. The fourth-order valence-corrected chi connectivity index (χ4v) is 4.24. The Bertz CT molecular complexity index is 1000. The predicted octanol–water partition coefficient (Wildman–Crippen LogP) is 4.65. The Morgan fingerprint density at radius 2 is 1.87 bits per heavy atom. The molecule has 5 nitrogen and oxygen atoms in total. The van der Waals surface area contributed by atoms with Gasteiger partial charge in [-0.15, -0.1) is 11.3 Å². The summed E-state index contributed by atoms with van der Waals surface area (Å²) in [7, 11) is 0. The molecule has 1 saturated heterocycles. The normalized spacial score (nSPS) is 16.3. The molecule has 2 amide bonds. The SMILES string of the molecule is O=C(NCc1ccc(C(=O)N2CCOC(c3ccc(Br)cc3)C2)cc1)c1cccs1. The first-order valence-electron chi connectivity index (χ1n) is 9.67. The third-order valence-electron chi connectivity index (χ3n) is 4.99. The summed E-state index contributed by atoms with van der Waals surface area (Å²) >= 11 is 4.85. The molecule has 1 N–H and O–H groups in total. The number of hydrogen-bond donors (Lipinski definition) is 1. The molecule has 0 saturated carbocycles. The van der Waals surface area contributed by atoms with Crippen LogP contribution in [0, 0.1) is 0 Å². The van der Waals surface area contributed by atoms with Gasteiger partial charge in [0.2, 0.25) is 0 Å². The Labute approximate surface area is 187 Å². The van der Waals surface area contributed by atoms with Gasteiger partial charge >= 0.3 is 0 Å². The van der Waals surface area contributed by atoms with Crippen molar-refractivity contribution in [1.29, 1.82) is 0 Å². The number of carbonyl (C=O) groups excluding carboxylic acids is 2. The number of thiophene rings is 1. The number of amides is 2. The minimum Gasteiger partial charge on any atom is -0.370 e. The fourth-order valence-electron chi connectivity index (χ4n) is 3.34. The lowest BCUT2D eigenvalue weighted by Crippen LogP contribution is -2.42. The van der Waals surface area contributed by atoms with Crippen LogP contribution in [0.2, 0.25) is 0 Å². The molecule has 1 aliphatic rings. The van der Waals surface area contributed by atoms with Crippen LogP contribution in [-0.2, 0) is 11.3 Å². The molecule has 4 rings (SSSR count). The topological polar surface area (TPSA) is 58.6 Å². The highest BCUT2D eigenvalue weighted by molar-refractivity contribution is 9.10. The zero-order chi connectivity index (χ0) is 20.9. The monoisotopic (exact) mass is 484 g/mol. The van der Waals surface area contributed by atoms with Gasteiger partial charge in [-0.3, -0.25) is 9.59 Å². The first kappa shape index (κ1) is 20.8. The van der Waals surface area contributed by atoms with Crippen molar-refractivity contribution in [1.82, 2.24) is 10.2 Å². The third kappa shape index (κ3) is 4.98. The van der Waals surface area contributed by atoms with Crippen LogP contribution in [0.1, 0.15) is 37.3 Å². The van der Waals surface area contributed by atoms with Crippen LogP contribution in [-0.4, -0.2) is 36.4 Å². The maximum absolute atomic E-state index is 13.0. The number of morpholine rings is 1. The van der Waals surface area contributed by atoms with Crippen molar-refractivity contribution in [3.05, 3.63) is 92.1 Å². The molecule has 0 bridgehead atoms. The van der Waals surface area contributed by atoms with E-state index in [0.29, 0.717) is 36.7 Å². The highest BCUT2D eigenvalue weighted by Crippen LogP contribution is 2.25. The van der Waals surface area contributed by atoms with Crippen LogP contribution >= 0.6 is 27.3 Å². The van der Waals surface area contributed by atoms with Gasteiger partial charge in [-0.25, -0.2) is 0 Å². The Balaban J connectivity index is 1.36. The van der Waals surface area contributed by atoms with Crippen molar-refractivity contribution >= 4 is 39.1 Å². The summed E-state index contributed by atoms with van der Waals surface area (Å²) < 4.78 is 6.89. The van der Waals surface area contributed by atoms with E-state index in [2.05, 4.69) is 21.2 Å². The number of nitrogens with one attached hydrogen (secondary N) is 1. The Kier molecular flexibility index (Phi) is 6.62. The molecule has 1 atom stereocenters. The van der Waals surface area contributed by atoms with Crippen LogP contribution in [0.25, 0.3) is 0 Å². The number of ether oxygens (including phenoxy) is 1. The molecular weight excluding hydrogens is 464 g/mol.